The number of amides is 1. The lowest BCUT2D eigenvalue weighted by Crippen LogP contribution is -2.35. The smallest absolute Gasteiger partial charge is 0.351 e. The Bertz CT molecular complexity index is 807. The Morgan fingerprint density at radius 3 is 2.68 bits per heavy atom. The Hall–Kier alpha value is -1.87. The Balaban J connectivity index is 2.16. The number of hydrogen-bond acceptors (Lipinski definition) is 8. The monoisotopic (exact) mass is 455 g/mol. The molecule has 4 atom stereocenters. The zero-order chi connectivity index (χ0) is 23.1. The first kappa shape index (κ1) is 25.4. The van der Waals surface area contributed by atoms with Crippen molar-refractivity contribution in [2.75, 3.05) is 11.9 Å². The molecule has 11 heteroatoms. The van der Waals surface area contributed by atoms with E-state index >= 15 is 0 Å². The van der Waals surface area contributed by atoms with Crippen LogP contribution in [-0.4, -0.2) is 57.4 Å². The summed E-state index contributed by atoms with van der Waals surface area (Å²) >= 11 is 0. The molecule has 0 aliphatic carbocycles. The van der Waals surface area contributed by atoms with Gasteiger partial charge in [-0.25, -0.2) is 9.46 Å². The fourth-order valence-corrected chi connectivity index (χ4v) is 5.00. The molecule has 1 saturated heterocycles. The van der Waals surface area contributed by atoms with Crippen LogP contribution in [0.4, 0.5) is 5.82 Å². The van der Waals surface area contributed by atoms with Gasteiger partial charge in [0.1, 0.15) is 12.0 Å². The lowest BCUT2D eigenvalue weighted by molar-refractivity contribution is -0.114. The summed E-state index contributed by atoms with van der Waals surface area (Å²) in [6, 6.07) is 1.99. The van der Waals surface area contributed by atoms with E-state index in [0.29, 0.717) is 13.0 Å². The molecule has 1 aromatic rings. The van der Waals surface area contributed by atoms with E-state index in [1.807, 2.05) is 13.8 Å². The molecule has 2 heterocycles. The standard InChI is InChI=1S/C20H34N5O5P/c1-8-21-12-28-31(25(13(2)3)14(4)5)30-17-11-19(29-15(17)6)24-10-9-18(22-16(7)26)23-20(24)27/h9-10,12-15,17,19H,8,11H2,1-7H3,(H,22,23,26,27)/t15?,17-,19?,31?/m1/s1. The second-order valence-corrected chi connectivity index (χ2v) is 9.23. The largest absolute Gasteiger partial charge is 0.425 e. The Kier molecular flexibility index (Phi) is 9.55. The molecule has 1 aliphatic rings. The molecule has 0 spiro atoms. The van der Waals surface area contributed by atoms with Crippen molar-refractivity contribution in [3.63, 3.8) is 0 Å². The fourth-order valence-electron chi connectivity index (χ4n) is 3.34. The summed E-state index contributed by atoms with van der Waals surface area (Å²) in [6.07, 6.45) is 2.47. The van der Waals surface area contributed by atoms with Crippen molar-refractivity contribution in [3.05, 3.63) is 22.7 Å². The first-order chi connectivity index (χ1) is 14.6. The second kappa shape index (κ2) is 11.7. The van der Waals surface area contributed by atoms with Crippen molar-refractivity contribution in [2.45, 2.75) is 85.4 Å². The molecular formula is C20H34N5O5P. The predicted molar refractivity (Wildman–Crippen MR) is 121 cm³/mol. The van der Waals surface area contributed by atoms with Crippen LogP contribution in [0.5, 0.6) is 0 Å². The summed E-state index contributed by atoms with van der Waals surface area (Å²) in [7, 11) is -1.41. The summed E-state index contributed by atoms with van der Waals surface area (Å²) in [6.45, 7) is 14.2. The van der Waals surface area contributed by atoms with Gasteiger partial charge in [0.2, 0.25) is 5.91 Å². The molecule has 0 aromatic carbocycles. The molecular weight excluding hydrogens is 421 g/mol. The van der Waals surface area contributed by atoms with Crippen LogP contribution in [0.2, 0.25) is 0 Å². The lowest BCUT2D eigenvalue weighted by atomic mass is 10.2. The van der Waals surface area contributed by atoms with Gasteiger partial charge in [0.15, 0.2) is 6.40 Å². The molecule has 1 amide bonds. The van der Waals surface area contributed by atoms with E-state index in [-0.39, 0.29) is 36.0 Å². The van der Waals surface area contributed by atoms with E-state index in [4.69, 9.17) is 13.8 Å². The topological polar surface area (TPSA) is 107 Å². The third-order valence-corrected chi connectivity index (χ3v) is 6.67. The number of aliphatic imine (C=N–C) groups is 1. The molecule has 1 N–H and O–H groups in total. The number of anilines is 1. The molecule has 1 aromatic heterocycles. The van der Waals surface area contributed by atoms with Crippen molar-refractivity contribution >= 4 is 26.7 Å². The Morgan fingerprint density at radius 1 is 1.45 bits per heavy atom. The quantitative estimate of drug-likeness (QED) is 0.328. The summed E-state index contributed by atoms with van der Waals surface area (Å²) < 4.78 is 21.9. The molecule has 0 radical (unpaired) electrons. The normalized spacial score (nSPS) is 22.6. The Morgan fingerprint density at radius 2 is 2.13 bits per heavy atom. The van der Waals surface area contributed by atoms with Crippen molar-refractivity contribution < 1.29 is 18.6 Å². The van der Waals surface area contributed by atoms with Gasteiger partial charge in [-0.15, -0.1) is 0 Å². The van der Waals surface area contributed by atoms with E-state index in [1.165, 1.54) is 17.9 Å². The van der Waals surface area contributed by atoms with Gasteiger partial charge < -0.3 is 19.1 Å². The molecule has 10 nitrogen and oxygen atoms in total. The fraction of sp³-hybridized carbons (Fsp3) is 0.700. The highest BCUT2D eigenvalue weighted by molar-refractivity contribution is 7.45. The van der Waals surface area contributed by atoms with Gasteiger partial charge in [0, 0.05) is 38.2 Å². The third kappa shape index (κ3) is 7.07. The SMILES string of the molecule is CCN=COP(O[C@@H]1CC(n2ccc(NC(C)=O)nc2=O)OC1C)N(C(C)C)C(C)C. The third-order valence-electron chi connectivity index (χ3n) is 4.64. The summed E-state index contributed by atoms with van der Waals surface area (Å²) in [5.41, 5.74) is -0.497. The molecule has 1 fully saturated rings. The van der Waals surface area contributed by atoms with E-state index in [2.05, 4.69) is 47.7 Å². The number of nitrogens with zero attached hydrogens (tertiary/aromatic N) is 4. The van der Waals surface area contributed by atoms with Crippen LogP contribution in [0.25, 0.3) is 0 Å². The average Bonchev–Trinajstić information content (AvgIpc) is 3.01. The number of rotatable bonds is 10. The number of aromatic nitrogens is 2. The maximum atomic E-state index is 12.4. The zero-order valence-electron chi connectivity index (χ0n) is 19.3. The molecule has 2 rings (SSSR count). The van der Waals surface area contributed by atoms with Gasteiger partial charge in [-0.1, -0.05) is 0 Å². The van der Waals surface area contributed by atoms with Gasteiger partial charge in [-0.2, -0.15) is 4.98 Å². The number of carbonyl (C=O) groups excluding carboxylic acids is 1. The summed E-state index contributed by atoms with van der Waals surface area (Å²) in [5.74, 6) is -0.0760. The highest BCUT2D eigenvalue weighted by Crippen LogP contribution is 2.49. The minimum atomic E-state index is -1.41. The van der Waals surface area contributed by atoms with Crippen LogP contribution in [0.15, 0.2) is 22.1 Å². The summed E-state index contributed by atoms with van der Waals surface area (Å²) in [4.78, 5) is 31.7. The van der Waals surface area contributed by atoms with Gasteiger partial charge in [0.05, 0.1) is 12.2 Å². The maximum absolute atomic E-state index is 12.4. The molecule has 0 bridgehead atoms. The van der Waals surface area contributed by atoms with Crippen LogP contribution in [-0.2, 0) is 18.6 Å². The van der Waals surface area contributed by atoms with E-state index in [1.54, 1.807) is 12.3 Å². The van der Waals surface area contributed by atoms with Crippen LogP contribution < -0.4 is 11.0 Å². The van der Waals surface area contributed by atoms with Crippen molar-refractivity contribution in [1.29, 1.82) is 0 Å². The van der Waals surface area contributed by atoms with Crippen LogP contribution >= 0.6 is 8.53 Å². The van der Waals surface area contributed by atoms with Gasteiger partial charge >= 0.3 is 14.2 Å². The molecule has 174 valence electrons. The highest BCUT2D eigenvalue weighted by Gasteiger charge is 2.39. The van der Waals surface area contributed by atoms with Crippen molar-refractivity contribution in [1.82, 2.24) is 14.2 Å². The number of nitrogens with one attached hydrogen (secondary N) is 1. The average molecular weight is 455 g/mol. The first-order valence-corrected chi connectivity index (χ1v) is 11.7. The van der Waals surface area contributed by atoms with Crippen LogP contribution in [0.1, 0.15) is 61.1 Å². The van der Waals surface area contributed by atoms with Crippen molar-refractivity contribution in [2.24, 2.45) is 4.99 Å². The van der Waals surface area contributed by atoms with E-state index in [9.17, 15) is 9.59 Å². The van der Waals surface area contributed by atoms with Crippen LogP contribution in [0, 0.1) is 0 Å². The van der Waals surface area contributed by atoms with Gasteiger partial charge in [0.25, 0.3) is 0 Å². The highest BCUT2D eigenvalue weighted by atomic mass is 31.2. The maximum Gasteiger partial charge on any atom is 0.351 e. The first-order valence-electron chi connectivity index (χ1n) is 10.6. The van der Waals surface area contributed by atoms with Crippen molar-refractivity contribution in [3.8, 4) is 0 Å². The molecule has 31 heavy (non-hydrogen) atoms. The predicted octanol–water partition coefficient (Wildman–Crippen LogP) is 3.30. The minimum absolute atomic E-state index is 0.211. The van der Waals surface area contributed by atoms with E-state index in [0.717, 1.165) is 0 Å². The number of ether oxygens (including phenoxy) is 1. The molecule has 3 unspecified atom stereocenters. The zero-order valence-corrected chi connectivity index (χ0v) is 20.2. The molecule has 0 saturated carbocycles. The minimum Gasteiger partial charge on any atom is -0.425 e. The molecule has 1 aliphatic heterocycles. The summed E-state index contributed by atoms with van der Waals surface area (Å²) in [5, 5.41) is 2.50. The van der Waals surface area contributed by atoms with Crippen LogP contribution in [0.3, 0.4) is 0 Å². The van der Waals surface area contributed by atoms with Gasteiger partial charge in [-0.05, 0) is 47.6 Å². The van der Waals surface area contributed by atoms with E-state index < -0.39 is 20.4 Å². The second-order valence-electron chi connectivity index (χ2n) is 7.87. The number of carbonyl (C=O) groups is 1. The van der Waals surface area contributed by atoms with Gasteiger partial charge in [-0.3, -0.25) is 14.4 Å². The lowest BCUT2D eigenvalue weighted by Gasteiger charge is -2.36. The Labute approximate surface area is 185 Å². The number of hydrogen-bond donors (Lipinski definition) is 1.